The van der Waals surface area contributed by atoms with E-state index in [9.17, 15) is 0 Å². The van der Waals surface area contributed by atoms with Crippen molar-refractivity contribution in [1.82, 2.24) is 4.90 Å². The molecule has 1 aliphatic heterocycles. The van der Waals surface area contributed by atoms with Gasteiger partial charge in [0.05, 0.1) is 0 Å². The summed E-state index contributed by atoms with van der Waals surface area (Å²) in [6.45, 7) is 10.8. The molecule has 1 aliphatic rings. The van der Waals surface area contributed by atoms with Gasteiger partial charge in [0, 0.05) is 31.1 Å². The molecule has 0 amide bonds. The van der Waals surface area contributed by atoms with Crippen molar-refractivity contribution in [3.8, 4) is 0 Å². The highest BCUT2D eigenvalue weighted by molar-refractivity contribution is 7.99. The molecule has 0 aromatic carbocycles. The van der Waals surface area contributed by atoms with Crippen molar-refractivity contribution in [3.05, 3.63) is 0 Å². The maximum atomic E-state index is 2.58. The van der Waals surface area contributed by atoms with Crippen LogP contribution in [-0.2, 0) is 0 Å². The molecule has 0 aliphatic carbocycles. The number of hydrogen-bond donors (Lipinski definition) is 0. The topological polar surface area (TPSA) is 3.24 Å². The van der Waals surface area contributed by atoms with Crippen LogP contribution in [0.2, 0.25) is 0 Å². The summed E-state index contributed by atoms with van der Waals surface area (Å²) in [7, 11) is 0. The fourth-order valence-electron chi connectivity index (χ4n) is 1.43. The van der Waals surface area contributed by atoms with Gasteiger partial charge in [-0.25, -0.2) is 0 Å². The summed E-state index contributed by atoms with van der Waals surface area (Å²) >= 11 is 2.08. The third kappa shape index (κ3) is 4.02. The van der Waals surface area contributed by atoms with Crippen molar-refractivity contribution < 1.29 is 0 Å². The van der Waals surface area contributed by atoms with Crippen LogP contribution in [0, 0.1) is 5.41 Å². The average Bonchev–Trinajstić information content (AvgIpc) is 1.85. The summed E-state index contributed by atoms with van der Waals surface area (Å²) in [5.74, 6) is 2.66. The van der Waals surface area contributed by atoms with Crippen LogP contribution < -0.4 is 0 Å². The Kier molecular flexibility index (Phi) is 3.26. The summed E-state index contributed by atoms with van der Waals surface area (Å²) in [5, 5.41) is 0. The van der Waals surface area contributed by atoms with Gasteiger partial charge in [-0.2, -0.15) is 11.8 Å². The van der Waals surface area contributed by atoms with E-state index in [1.165, 1.54) is 31.1 Å². The number of nitrogens with zero attached hydrogens (tertiary/aromatic N) is 1. The number of rotatable bonds is 1. The van der Waals surface area contributed by atoms with E-state index in [1.54, 1.807) is 0 Å². The Morgan fingerprint density at radius 1 is 1.18 bits per heavy atom. The molecule has 11 heavy (non-hydrogen) atoms. The number of hydrogen-bond acceptors (Lipinski definition) is 2. The third-order valence-electron chi connectivity index (χ3n) is 1.80. The molecule has 0 saturated carbocycles. The molecular formula is C9H19NS. The standard InChI is InChI=1S/C9H19NS/c1-9(2,3)8-10-4-6-11-7-5-10/h4-8H2,1-3H3. The Morgan fingerprint density at radius 3 is 2.18 bits per heavy atom. The van der Waals surface area contributed by atoms with E-state index in [0.717, 1.165) is 0 Å². The average molecular weight is 173 g/mol. The zero-order valence-electron chi connectivity index (χ0n) is 7.89. The van der Waals surface area contributed by atoms with Crippen LogP contribution >= 0.6 is 11.8 Å². The fourth-order valence-corrected chi connectivity index (χ4v) is 2.41. The second kappa shape index (κ2) is 3.81. The molecule has 0 N–H and O–H groups in total. The maximum absolute atomic E-state index is 2.58. The Morgan fingerprint density at radius 2 is 1.73 bits per heavy atom. The van der Waals surface area contributed by atoms with Gasteiger partial charge in [-0.1, -0.05) is 20.8 Å². The lowest BCUT2D eigenvalue weighted by atomic mass is 9.96. The first-order chi connectivity index (χ1) is 5.08. The minimum Gasteiger partial charge on any atom is -0.301 e. The molecule has 1 fully saturated rings. The zero-order chi connectivity index (χ0) is 8.32. The van der Waals surface area contributed by atoms with Crippen molar-refractivity contribution in [2.75, 3.05) is 31.1 Å². The van der Waals surface area contributed by atoms with Crippen molar-refractivity contribution in [3.63, 3.8) is 0 Å². The molecular weight excluding hydrogens is 154 g/mol. The Hall–Kier alpha value is 0.310. The van der Waals surface area contributed by atoms with Crippen LogP contribution in [0.5, 0.6) is 0 Å². The Labute approximate surface area is 74.5 Å². The van der Waals surface area contributed by atoms with E-state index < -0.39 is 0 Å². The minimum absolute atomic E-state index is 0.474. The maximum Gasteiger partial charge on any atom is 0.00729 e. The molecule has 0 aromatic heterocycles. The Balaban J connectivity index is 2.24. The number of thioether (sulfide) groups is 1. The second-order valence-electron chi connectivity index (χ2n) is 4.45. The molecule has 1 heterocycles. The summed E-state index contributed by atoms with van der Waals surface area (Å²) in [4.78, 5) is 2.58. The zero-order valence-corrected chi connectivity index (χ0v) is 8.71. The van der Waals surface area contributed by atoms with E-state index in [1.807, 2.05) is 0 Å². The lowest BCUT2D eigenvalue weighted by Crippen LogP contribution is -2.38. The van der Waals surface area contributed by atoms with Gasteiger partial charge in [-0.15, -0.1) is 0 Å². The van der Waals surface area contributed by atoms with Crippen LogP contribution in [0.1, 0.15) is 20.8 Å². The monoisotopic (exact) mass is 173 g/mol. The molecule has 0 radical (unpaired) electrons. The molecule has 0 bridgehead atoms. The molecule has 1 nitrogen and oxygen atoms in total. The smallest absolute Gasteiger partial charge is 0.00729 e. The van der Waals surface area contributed by atoms with Crippen LogP contribution in [0.25, 0.3) is 0 Å². The van der Waals surface area contributed by atoms with E-state index in [0.29, 0.717) is 5.41 Å². The van der Waals surface area contributed by atoms with Gasteiger partial charge in [0.25, 0.3) is 0 Å². The molecule has 0 atom stereocenters. The van der Waals surface area contributed by atoms with Gasteiger partial charge in [0.2, 0.25) is 0 Å². The third-order valence-corrected chi connectivity index (χ3v) is 2.74. The van der Waals surface area contributed by atoms with Crippen molar-refractivity contribution in [2.45, 2.75) is 20.8 Å². The van der Waals surface area contributed by atoms with Crippen molar-refractivity contribution >= 4 is 11.8 Å². The highest BCUT2D eigenvalue weighted by atomic mass is 32.2. The van der Waals surface area contributed by atoms with Gasteiger partial charge < -0.3 is 4.90 Å². The van der Waals surface area contributed by atoms with Crippen LogP contribution in [-0.4, -0.2) is 36.0 Å². The van der Waals surface area contributed by atoms with Gasteiger partial charge in [0.1, 0.15) is 0 Å². The van der Waals surface area contributed by atoms with Crippen LogP contribution in [0.15, 0.2) is 0 Å². The van der Waals surface area contributed by atoms with Crippen LogP contribution in [0.4, 0.5) is 0 Å². The fraction of sp³-hybridized carbons (Fsp3) is 1.00. The summed E-state index contributed by atoms with van der Waals surface area (Å²) < 4.78 is 0. The first-order valence-corrected chi connectivity index (χ1v) is 5.53. The summed E-state index contributed by atoms with van der Waals surface area (Å²) in [6.07, 6.45) is 0. The molecule has 0 unspecified atom stereocenters. The first kappa shape index (κ1) is 9.40. The predicted octanol–water partition coefficient (Wildman–Crippen LogP) is 2.08. The molecule has 2 heteroatoms. The molecule has 0 aromatic rings. The lowest BCUT2D eigenvalue weighted by molar-refractivity contribution is 0.207. The summed E-state index contributed by atoms with van der Waals surface area (Å²) in [5.41, 5.74) is 0.474. The van der Waals surface area contributed by atoms with Crippen LogP contribution in [0.3, 0.4) is 0 Å². The van der Waals surface area contributed by atoms with Crippen molar-refractivity contribution in [2.24, 2.45) is 5.41 Å². The second-order valence-corrected chi connectivity index (χ2v) is 5.67. The predicted molar refractivity (Wildman–Crippen MR) is 53.2 cm³/mol. The quantitative estimate of drug-likeness (QED) is 0.597. The van der Waals surface area contributed by atoms with Gasteiger partial charge in [-0.3, -0.25) is 0 Å². The highest BCUT2D eigenvalue weighted by Gasteiger charge is 2.17. The van der Waals surface area contributed by atoms with E-state index in [4.69, 9.17) is 0 Å². The molecule has 1 saturated heterocycles. The molecule has 66 valence electrons. The normalized spacial score (nSPS) is 22.1. The van der Waals surface area contributed by atoms with Gasteiger partial charge >= 0.3 is 0 Å². The lowest BCUT2D eigenvalue weighted by Gasteiger charge is -2.32. The SMILES string of the molecule is CC(C)(C)CN1CCSCC1. The molecule has 1 rings (SSSR count). The molecule has 0 spiro atoms. The first-order valence-electron chi connectivity index (χ1n) is 4.38. The minimum atomic E-state index is 0.474. The summed E-state index contributed by atoms with van der Waals surface area (Å²) in [6, 6.07) is 0. The van der Waals surface area contributed by atoms with Gasteiger partial charge in [0.15, 0.2) is 0 Å². The van der Waals surface area contributed by atoms with Gasteiger partial charge in [-0.05, 0) is 5.41 Å². The van der Waals surface area contributed by atoms with E-state index >= 15 is 0 Å². The van der Waals surface area contributed by atoms with E-state index in [-0.39, 0.29) is 0 Å². The Bertz CT molecular complexity index is 111. The van der Waals surface area contributed by atoms with Crippen molar-refractivity contribution in [1.29, 1.82) is 0 Å². The van der Waals surface area contributed by atoms with E-state index in [2.05, 4.69) is 37.4 Å². The highest BCUT2D eigenvalue weighted by Crippen LogP contribution is 2.18. The largest absolute Gasteiger partial charge is 0.301 e.